The van der Waals surface area contributed by atoms with Crippen LogP contribution in [0.3, 0.4) is 0 Å². The van der Waals surface area contributed by atoms with Crippen molar-refractivity contribution in [3.05, 3.63) is 71.8 Å². The van der Waals surface area contributed by atoms with Crippen molar-refractivity contribution in [2.24, 2.45) is 5.92 Å². The van der Waals surface area contributed by atoms with Gasteiger partial charge in [-0.05, 0) is 17.5 Å². The molecule has 33 heavy (non-hydrogen) atoms. The van der Waals surface area contributed by atoms with E-state index in [0.29, 0.717) is 6.42 Å². The number of rotatable bonds is 10. The minimum Gasteiger partial charge on any atom is -0.469 e. The molecule has 0 heterocycles. The maximum atomic E-state index is 12.7. The number of alkyl carbamates (subject to hydrolysis) is 1. The van der Waals surface area contributed by atoms with Crippen LogP contribution in [-0.4, -0.2) is 43.1 Å². The summed E-state index contributed by atoms with van der Waals surface area (Å²) < 4.78 is 15.1. The van der Waals surface area contributed by atoms with Crippen molar-refractivity contribution in [1.82, 2.24) is 10.6 Å². The van der Waals surface area contributed by atoms with Gasteiger partial charge in [0.15, 0.2) is 0 Å². The Morgan fingerprint density at radius 3 is 2.06 bits per heavy atom. The van der Waals surface area contributed by atoms with Crippen molar-refractivity contribution in [3.8, 4) is 0 Å². The third-order valence-electron chi connectivity index (χ3n) is 5.06. The smallest absolute Gasteiger partial charge is 0.408 e. The molecule has 0 aromatic heterocycles. The van der Waals surface area contributed by atoms with Gasteiger partial charge in [0.05, 0.1) is 19.4 Å². The number of nitrogens with one attached hydrogen (secondary N) is 2. The van der Waals surface area contributed by atoms with Gasteiger partial charge >= 0.3 is 18.0 Å². The molecule has 0 saturated heterocycles. The molecule has 1 fully saturated rings. The van der Waals surface area contributed by atoms with Crippen molar-refractivity contribution in [1.29, 1.82) is 0 Å². The summed E-state index contributed by atoms with van der Waals surface area (Å²) >= 11 is 0. The average molecular weight is 454 g/mol. The van der Waals surface area contributed by atoms with Crippen LogP contribution in [-0.2, 0) is 41.8 Å². The van der Waals surface area contributed by atoms with E-state index in [1.807, 2.05) is 36.4 Å². The number of benzene rings is 2. The summed E-state index contributed by atoms with van der Waals surface area (Å²) in [5, 5.41) is 5.08. The number of hydrogen-bond donors (Lipinski definition) is 2. The van der Waals surface area contributed by atoms with E-state index in [1.54, 1.807) is 24.3 Å². The van der Waals surface area contributed by atoms with Gasteiger partial charge in [0.1, 0.15) is 19.3 Å². The molecule has 2 amide bonds. The summed E-state index contributed by atoms with van der Waals surface area (Å²) in [5.41, 5.74) is 1.57. The van der Waals surface area contributed by atoms with Crippen LogP contribution in [0.4, 0.5) is 4.79 Å². The topological polar surface area (TPSA) is 120 Å². The van der Waals surface area contributed by atoms with Gasteiger partial charge < -0.3 is 24.8 Å². The Balaban J connectivity index is 1.55. The first-order chi connectivity index (χ1) is 16.0. The fourth-order valence-electron chi connectivity index (χ4n) is 3.13. The number of ether oxygens (including phenoxy) is 3. The third-order valence-corrected chi connectivity index (χ3v) is 5.06. The lowest BCUT2D eigenvalue weighted by Gasteiger charge is -2.18. The van der Waals surface area contributed by atoms with E-state index in [0.717, 1.165) is 11.1 Å². The van der Waals surface area contributed by atoms with E-state index in [1.165, 1.54) is 7.11 Å². The summed E-state index contributed by atoms with van der Waals surface area (Å²) in [6.07, 6.45) is -0.813. The molecule has 9 heteroatoms. The zero-order valence-electron chi connectivity index (χ0n) is 18.2. The van der Waals surface area contributed by atoms with Crippen molar-refractivity contribution in [2.45, 2.75) is 38.1 Å². The second-order valence-electron chi connectivity index (χ2n) is 7.59. The van der Waals surface area contributed by atoms with Crippen LogP contribution in [0.25, 0.3) is 0 Å². The fourth-order valence-corrected chi connectivity index (χ4v) is 3.13. The Labute approximate surface area is 191 Å². The quantitative estimate of drug-likeness (QED) is 0.417. The van der Waals surface area contributed by atoms with Gasteiger partial charge in [-0.2, -0.15) is 0 Å². The molecule has 0 bridgehead atoms. The summed E-state index contributed by atoms with van der Waals surface area (Å²) in [5.74, 6) is -2.13. The zero-order chi connectivity index (χ0) is 23.6. The van der Waals surface area contributed by atoms with E-state index < -0.39 is 48.4 Å². The Hall–Kier alpha value is -3.88. The largest absolute Gasteiger partial charge is 0.469 e. The average Bonchev–Trinajstić information content (AvgIpc) is 3.61. The van der Waals surface area contributed by atoms with Crippen molar-refractivity contribution in [3.63, 3.8) is 0 Å². The molecule has 9 nitrogen and oxygen atoms in total. The maximum Gasteiger partial charge on any atom is 0.408 e. The van der Waals surface area contributed by atoms with Gasteiger partial charge in [-0.15, -0.1) is 0 Å². The molecule has 0 radical (unpaired) electrons. The van der Waals surface area contributed by atoms with Crippen LogP contribution in [0.2, 0.25) is 0 Å². The molecule has 1 aliphatic rings. The molecule has 0 spiro atoms. The molecule has 3 rings (SSSR count). The predicted octanol–water partition coefficient (Wildman–Crippen LogP) is 2.09. The Morgan fingerprint density at radius 2 is 1.48 bits per heavy atom. The van der Waals surface area contributed by atoms with E-state index in [2.05, 4.69) is 15.4 Å². The highest BCUT2D eigenvalue weighted by molar-refractivity contribution is 5.90. The molecular formula is C24H26N2O7. The van der Waals surface area contributed by atoms with Crippen molar-refractivity contribution < 1.29 is 33.4 Å². The lowest BCUT2D eigenvalue weighted by atomic mass is 10.2. The highest BCUT2D eigenvalue weighted by Gasteiger charge is 2.46. The predicted molar refractivity (Wildman–Crippen MR) is 116 cm³/mol. The van der Waals surface area contributed by atoms with E-state index >= 15 is 0 Å². The van der Waals surface area contributed by atoms with E-state index in [4.69, 9.17) is 9.47 Å². The molecule has 2 aromatic carbocycles. The first-order valence-corrected chi connectivity index (χ1v) is 10.5. The van der Waals surface area contributed by atoms with Crippen LogP contribution in [0, 0.1) is 5.92 Å². The monoisotopic (exact) mass is 454 g/mol. The summed E-state index contributed by atoms with van der Waals surface area (Å²) in [6, 6.07) is 16.5. The normalized spacial score (nSPS) is 17.2. The molecule has 1 aliphatic carbocycles. The second-order valence-corrected chi connectivity index (χ2v) is 7.59. The van der Waals surface area contributed by atoms with Crippen LogP contribution < -0.4 is 10.6 Å². The summed E-state index contributed by atoms with van der Waals surface area (Å²) in [7, 11) is 1.27. The number of carbonyl (C=O) groups is 4. The number of hydrogen-bond acceptors (Lipinski definition) is 7. The highest BCUT2D eigenvalue weighted by Crippen LogP contribution is 2.31. The van der Waals surface area contributed by atoms with Crippen LogP contribution in [0.1, 0.15) is 24.0 Å². The molecule has 2 aromatic rings. The number of esters is 2. The van der Waals surface area contributed by atoms with E-state index in [-0.39, 0.29) is 13.2 Å². The number of carbonyl (C=O) groups excluding carboxylic acids is 4. The molecule has 3 unspecified atom stereocenters. The Kier molecular flexibility index (Phi) is 8.40. The molecule has 1 saturated carbocycles. The van der Waals surface area contributed by atoms with Gasteiger partial charge in [0.25, 0.3) is 0 Å². The lowest BCUT2D eigenvalue weighted by Crippen LogP contribution is -2.49. The van der Waals surface area contributed by atoms with Crippen LogP contribution in [0.15, 0.2) is 60.7 Å². The minimum atomic E-state index is -1.23. The minimum absolute atomic E-state index is 0.00645. The van der Waals surface area contributed by atoms with Gasteiger partial charge in [-0.3, -0.25) is 14.4 Å². The van der Waals surface area contributed by atoms with Gasteiger partial charge in [0.2, 0.25) is 5.91 Å². The number of amides is 2. The van der Waals surface area contributed by atoms with Crippen molar-refractivity contribution >= 4 is 23.9 Å². The fraction of sp³-hybridized carbons (Fsp3) is 0.333. The van der Waals surface area contributed by atoms with Crippen LogP contribution >= 0.6 is 0 Å². The maximum absolute atomic E-state index is 12.7. The second kappa shape index (κ2) is 11.7. The van der Waals surface area contributed by atoms with E-state index in [9.17, 15) is 19.2 Å². The SMILES string of the molecule is COC(=O)C1CC1NC(=O)C(CC(=O)OCc1ccccc1)NC(=O)OCc1ccccc1. The van der Waals surface area contributed by atoms with Crippen LogP contribution in [0.5, 0.6) is 0 Å². The molecule has 174 valence electrons. The third kappa shape index (κ3) is 7.64. The molecular weight excluding hydrogens is 428 g/mol. The highest BCUT2D eigenvalue weighted by atomic mass is 16.6. The Morgan fingerprint density at radius 1 is 0.909 bits per heavy atom. The van der Waals surface area contributed by atoms with Gasteiger partial charge in [0, 0.05) is 6.04 Å². The number of methoxy groups -OCH3 is 1. The standard InChI is InChI=1S/C24H26N2O7/c1-31-23(29)18-12-19(18)25-22(28)20(13-21(27)32-14-16-8-4-2-5-9-16)26-24(30)33-15-17-10-6-3-7-11-17/h2-11,18-20H,12-15H2,1H3,(H,25,28)(H,26,30). The molecule has 3 atom stereocenters. The molecule has 0 aliphatic heterocycles. The lowest BCUT2D eigenvalue weighted by molar-refractivity contribution is -0.147. The summed E-state index contributed by atoms with van der Waals surface area (Å²) in [6.45, 7) is 0.0476. The molecule has 2 N–H and O–H groups in total. The Bertz CT molecular complexity index is 908. The van der Waals surface area contributed by atoms with Gasteiger partial charge in [-0.25, -0.2) is 4.79 Å². The zero-order valence-corrected chi connectivity index (χ0v) is 18.2. The summed E-state index contributed by atoms with van der Waals surface area (Å²) in [4.78, 5) is 48.9. The van der Waals surface area contributed by atoms with Gasteiger partial charge in [-0.1, -0.05) is 60.7 Å². The van der Waals surface area contributed by atoms with Crippen molar-refractivity contribution in [2.75, 3.05) is 7.11 Å². The first kappa shape index (κ1) is 23.8. The first-order valence-electron chi connectivity index (χ1n) is 10.5.